The highest BCUT2D eigenvalue weighted by atomic mass is 19.4. The Morgan fingerprint density at radius 3 is 2.53 bits per heavy atom. The molecule has 1 N–H and O–H groups in total. The van der Waals surface area contributed by atoms with Crippen molar-refractivity contribution in [3.8, 4) is 0 Å². The highest BCUT2D eigenvalue weighted by Gasteiger charge is 2.41. The van der Waals surface area contributed by atoms with Gasteiger partial charge in [0.25, 0.3) is 5.91 Å². The minimum Gasteiger partial charge on any atom is -0.444 e. The van der Waals surface area contributed by atoms with Gasteiger partial charge in [-0.1, -0.05) is 0 Å². The van der Waals surface area contributed by atoms with Gasteiger partial charge in [0.15, 0.2) is 0 Å². The summed E-state index contributed by atoms with van der Waals surface area (Å²) in [6, 6.07) is -1.17. The maximum atomic E-state index is 12.1. The van der Waals surface area contributed by atoms with Crippen molar-refractivity contribution in [3.05, 3.63) is 0 Å². The molecule has 0 aromatic heterocycles. The number of hydrogen-bond acceptors (Lipinski definition) is 4. The van der Waals surface area contributed by atoms with Gasteiger partial charge in [-0.05, 0) is 20.8 Å². The van der Waals surface area contributed by atoms with E-state index in [0.29, 0.717) is 0 Å². The van der Waals surface area contributed by atoms with Crippen LogP contribution in [0.4, 0.5) is 18.0 Å². The molecule has 0 saturated carbocycles. The summed E-state index contributed by atoms with van der Waals surface area (Å²) in [6.07, 6.45) is -5.44. The maximum Gasteiger partial charge on any atom is 0.408 e. The lowest BCUT2D eigenvalue weighted by molar-refractivity contribution is -0.214. The number of amides is 2. The molecule has 0 spiro atoms. The second-order valence-corrected chi connectivity index (χ2v) is 4.98. The quantitative estimate of drug-likeness (QED) is 0.827. The molecule has 1 heterocycles. The minimum absolute atomic E-state index is 0.183. The van der Waals surface area contributed by atoms with Crippen molar-refractivity contribution in [1.29, 1.82) is 0 Å². The topological polar surface area (TPSA) is 67.9 Å². The molecule has 0 aromatic rings. The van der Waals surface area contributed by atoms with E-state index in [0.717, 1.165) is 0 Å². The van der Waals surface area contributed by atoms with Crippen molar-refractivity contribution in [3.63, 3.8) is 0 Å². The fraction of sp³-hybridized carbons (Fsp3) is 0.800. The van der Waals surface area contributed by atoms with Crippen LogP contribution in [-0.2, 0) is 14.4 Å². The molecule has 6 nitrogen and oxygen atoms in total. The lowest BCUT2D eigenvalue weighted by atomic mass is 10.2. The van der Waals surface area contributed by atoms with Crippen molar-refractivity contribution in [2.75, 3.05) is 13.2 Å². The number of nitrogens with zero attached hydrogens (tertiary/aromatic N) is 1. The highest BCUT2D eigenvalue weighted by Crippen LogP contribution is 2.20. The van der Waals surface area contributed by atoms with Gasteiger partial charge in [-0.15, -0.1) is 0 Å². The smallest absolute Gasteiger partial charge is 0.408 e. The third-order valence-corrected chi connectivity index (χ3v) is 1.95. The van der Waals surface area contributed by atoms with Crippen LogP contribution < -0.4 is 5.32 Å². The third kappa shape index (κ3) is 5.33. The van der Waals surface area contributed by atoms with Gasteiger partial charge >= 0.3 is 12.3 Å². The first-order valence-electron chi connectivity index (χ1n) is 5.48. The first-order chi connectivity index (χ1) is 8.48. The Balaban J connectivity index is 2.50. The zero-order chi connectivity index (χ0) is 14.8. The van der Waals surface area contributed by atoms with Gasteiger partial charge in [-0.2, -0.15) is 13.2 Å². The van der Waals surface area contributed by atoms with Crippen LogP contribution in [0.25, 0.3) is 0 Å². The van der Waals surface area contributed by atoms with Crippen molar-refractivity contribution < 1.29 is 32.3 Å². The van der Waals surface area contributed by atoms with E-state index >= 15 is 0 Å². The van der Waals surface area contributed by atoms with Gasteiger partial charge in [0.1, 0.15) is 24.8 Å². The number of hydroxylamine groups is 2. The van der Waals surface area contributed by atoms with Crippen LogP contribution in [0, 0.1) is 0 Å². The molecule has 19 heavy (non-hydrogen) atoms. The molecule has 1 aliphatic heterocycles. The summed E-state index contributed by atoms with van der Waals surface area (Å²) in [7, 11) is 0. The van der Waals surface area contributed by atoms with Crippen LogP contribution in [0.3, 0.4) is 0 Å². The Labute approximate surface area is 107 Å². The average molecular weight is 284 g/mol. The standard InChI is InChI=1S/C10H15F3N2O4/c1-9(2,3)19-8(17)14-6-4-18-15(7(6)16)5-10(11,12)13/h6H,4-5H2,1-3H3,(H,14,17)/t6-/m1/s1. The van der Waals surface area contributed by atoms with E-state index in [-0.39, 0.29) is 11.7 Å². The lowest BCUT2D eigenvalue weighted by Gasteiger charge is -2.21. The Morgan fingerprint density at radius 2 is 2.05 bits per heavy atom. The fourth-order valence-electron chi connectivity index (χ4n) is 1.31. The average Bonchev–Trinajstić information content (AvgIpc) is 2.44. The summed E-state index contributed by atoms with van der Waals surface area (Å²) in [5.74, 6) is -0.955. The number of ether oxygens (including phenoxy) is 1. The summed E-state index contributed by atoms with van der Waals surface area (Å²) in [5.41, 5.74) is -0.766. The normalized spacial score (nSPS) is 20.6. The number of nitrogens with one attached hydrogen (secondary N) is 1. The predicted octanol–water partition coefficient (Wildman–Crippen LogP) is 1.22. The summed E-state index contributed by atoms with van der Waals surface area (Å²) in [5, 5.41) is 2.34. The molecule has 0 aromatic carbocycles. The van der Waals surface area contributed by atoms with Gasteiger partial charge in [-0.25, -0.2) is 9.86 Å². The van der Waals surface area contributed by atoms with Crippen LogP contribution in [0.2, 0.25) is 0 Å². The number of halogens is 3. The van der Waals surface area contributed by atoms with Crippen molar-refractivity contribution >= 4 is 12.0 Å². The molecule has 1 saturated heterocycles. The molecule has 1 atom stereocenters. The third-order valence-electron chi connectivity index (χ3n) is 1.95. The molecular formula is C10H15F3N2O4. The zero-order valence-electron chi connectivity index (χ0n) is 10.7. The summed E-state index contributed by atoms with van der Waals surface area (Å²) in [6.45, 7) is 2.99. The first-order valence-corrected chi connectivity index (χ1v) is 5.48. The molecule has 2 amide bonds. The minimum atomic E-state index is -4.56. The van der Waals surface area contributed by atoms with Gasteiger partial charge in [-0.3, -0.25) is 9.63 Å². The number of hydrogen-bond donors (Lipinski definition) is 1. The van der Waals surface area contributed by atoms with Crippen LogP contribution >= 0.6 is 0 Å². The number of carbonyl (C=O) groups excluding carboxylic acids is 2. The molecule has 0 radical (unpaired) electrons. The Morgan fingerprint density at radius 1 is 1.47 bits per heavy atom. The molecule has 1 rings (SSSR count). The second-order valence-electron chi connectivity index (χ2n) is 4.98. The highest BCUT2D eigenvalue weighted by molar-refractivity contribution is 5.86. The number of alkyl carbamates (subject to hydrolysis) is 1. The van der Waals surface area contributed by atoms with E-state index in [1.165, 1.54) is 0 Å². The molecule has 1 fully saturated rings. The monoisotopic (exact) mass is 284 g/mol. The lowest BCUT2D eigenvalue weighted by Crippen LogP contribution is -2.46. The molecule has 110 valence electrons. The molecule has 0 unspecified atom stereocenters. The van der Waals surface area contributed by atoms with Crippen LogP contribution in [-0.4, -0.2) is 48.0 Å². The Kier molecular flexibility index (Phi) is 4.28. The Bertz CT molecular complexity index is 365. The van der Waals surface area contributed by atoms with Crippen molar-refractivity contribution in [2.24, 2.45) is 0 Å². The van der Waals surface area contributed by atoms with E-state index in [4.69, 9.17) is 4.74 Å². The van der Waals surface area contributed by atoms with Gasteiger partial charge in [0.05, 0.1) is 0 Å². The predicted molar refractivity (Wildman–Crippen MR) is 56.9 cm³/mol. The van der Waals surface area contributed by atoms with Crippen molar-refractivity contribution in [2.45, 2.75) is 38.6 Å². The van der Waals surface area contributed by atoms with Gasteiger partial charge < -0.3 is 10.1 Å². The van der Waals surface area contributed by atoms with E-state index in [1.807, 2.05) is 0 Å². The molecule has 1 aliphatic rings. The molecule has 0 bridgehead atoms. The van der Waals surface area contributed by atoms with E-state index in [9.17, 15) is 22.8 Å². The van der Waals surface area contributed by atoms with Crippen molar-refractivity contribution in [1.82, 2.24) is 10.4 Å². The fourth-order valence-corrected chi connectivity index (χ4v) is 1.31. The largest absolute Gasteiger partial charge is 0.444 e. The first kappa shape index (κ1) is 15.5. The van der Waals surface area contributed by atoms with Gasteiger partial charge in [0, 0.05) is 0 Å². The summed E-state index contributed by atoms with van der Waals surface area (Å²) < 4.78 is 41.2. The summed E-state index contributed by atoms with van der Waals surface area (Å²) >= 11 is 0. The van der Waals surface area contributed by atoms with Crippen LogP contribution in [0.15, 0.2) is 0 Å². The van der Waals surface area contributed by atoms with Gasteiger partial charge in [0.2, 0.25) is 0 Å². The number of rotatable bonds is 2. The zero-order valence-corrected chi connectivity index (χ0v) is 10.7. The molecular weight excluding hydrogens is 269 g/mol. The van der Waals surface area contributed by atoms with E-state index in [2.05, 4.69) is 10.2 Å². The van der Waals surface area contributed by atoms with E-state index in [1.54, 1.807) is 20.8 Å². The number of alkyl halides is 3. The second kappa shape index (κ2) is 5.24. The van der Waals surface area contributed by atoms with Crippen LogP contribution in [0.1, 0.15) is 20.8 Å². The van der Waals surface area contributed by atoms with Crippen LogP contribution in [0.5, 0.6) is 0 Å². The molecule has 9 heteroatoms. The van der Waals surface area contributed by atoms with E-state index < -0.39 is 36.4 Å². The summed E-state index contributed by atoms with van der Waals surface area (Å²) in [4.78, 5) is 27.5. The molecule has 0 aliphatic carbocycles. The SMILES string of the molecule is CC(C)(C)OC(=O)N[C@@H]1CON(CC(F)(F)F)C1=O. The maximum absolute atomic E-state index is 12.1. The Hall–Kier alpha value is -1.51. The number of carbonyl (C=O) groups is 2.